The van der Waals surface area contributed by atoms with Gasteiger partial charge in [0.25, 0.3) is 0 Å². The highest BCUT2D eigenvalue weighted by Gasteiger charge is 2.13. The number of rotatable bonds is 8. The van der Waals surface area contributed by atoms with Gasteiger partial charge in [0.2, 0.25) is 0 Å². The normalized spacial score (nSPS) is 10.5. The van der Waals surface area contributed by atoms with Gasteiger partial charge in [0, 0.05) is 19.6 Å². The van der Waals surface area contributed by atoms with Crippen LogP contribution in [0.4, 0.5) is 10.1 Å². The van der Waals surface area contributed by atoms with Gasteiger partial charge in [-0.25, -0.2) is 4.39 Å². The first-order valence-corrected chi connectivity index (χ1v) is 6.48. The topological polar surface area (TPSA) is 52.6 Å². The lowest BCUT2D eigenvalue weighted by Gasteiger charge is -2.24. The number of carboxylic acid groups (broad SMARTS) is 1. The third kappa shape index (κ3) is 4.87. The van der Waals surface area contributed by atoms with Crippen molar-refractivity contribution in [3.8, 4) is 0 Å². The molecule has 19 heavy (non-hydrogen) atoms. The number of nitrogens with one attached hydrogen (secondary N) is 1. The summed E-state index contributed by atoms with van der Waals surface area (Å²) in [6.07, 6.45) is 0.852. The Kier molecular flexibility index (Phi) is 6.29. The molecule has 1 rings (SSSR count). The van der Waals surface area contributed by atoms with Gasteiger partial charge in [0.15, 0.2) is 0 Å². The molecule has 0 amide bonds. The molecule has 1 aromatic rings. The van der Waals surface area contributed by atoms with Crippen molar-refractivity contribution in [2.75, 3.05) is 25.0 Å². The Hall–Kier alpha value is -1.62. The van der Waals surface area contributed by atoms with E-state index in [9.17, 15) is 9.18 Å². The SMILES string of the molecule is CCCN(CCC(=O)O)c1cc(CNC)ccc1F. The Morgan fingerprint density at radius 2 is 2.16 bits per heavy atom. The Balaban J connectivity index is 2.92. The van der Waals surface area contributed by atoms with E-state index in [4.69, 9.17) is 5.11 Å². The number of hydrogen-bond acceptors (Lipinski definition) is 3. The first kappa shape index (κ1) is 15.4. The zero-order chi connectivity index (χ0) is 14.3. The fourth-order valence-electron chi connectivity index (χ4n) is 1.97. The average Bonchev–Trinajstić information content (AvgIpc) is 2.37. The van der Waals surface area contributed by atoms with Crippen LogP contribution in [0, 0.1) is 5.82 Å². The summed E-state index contributed by atoms with van der Waals surface area (Å²) >= 11 is 0. The van der Waals surface area contributed by atoms with Gasteiger partial charge in [-0.3, -0.25) is 4.79 Å². The molecule has 106 valence electrons. The summed E-state index contributed by atoms with van der Waals surface area (Å²) in [4.78, 5) is 12.5. The van der Waals surface area contributed by atoms with Crippen LogP contribution < -0.4 is 10.2 Å². The quantitative estimate of drug-likeness (QED) is 0.759. The zero-order valence-corrected chi connectivity index (χ0v) is 11.4. The predicted octanol–water partition coefficient (Wildman–Crippen LogP) is 2.24. The Morgan fingerprint density at radius 3 is 2.74 bits per heavy atom. The lowest BCUT2D eigenvalue weighted by atomic mass is 10.1. The maximum Gasteiger partial charge on any atom is 0.305 e. The number of carbonyl (C=O) groups is 1. The maximum absolute atomic E-state index is 13.9. The molecule has 0 fully saturated rings. The number of benzene rings is 1. The second-order valence-electron chi connectivity index (χ2n) is 4.45. The van der Waals surface area contributed by atoms with Crippen molar-refractivity contribution in [3.63, 3.8) is 0 Å². The van der Waals surface area contributed by atoms with E-state index in [0.717, 1.165) is 12.0 Å². The highest BCUT2D eigenvalue weighted by Crippen LogP contribution is 2.21. The summed E-state index contributed by atoms with van der Waals surface area (Å²) in [5, 5.41) is 11.8. The Bertz CT molecular complexity index is 424. The molecule has 1 aromatic carbocycles. The highest BCUT2D eigenvalue weighted by atomic mass is 19.1. The molecule has 0 aromatic heterocycles. The maximum atomic E-state index is 13.9. The molecule has 0 radical (unpaired) electrons. The van der Waals surface area contributed by atoms with Crippen molar-refractivity contribution in [3.05, 3.63) is 29.6 Å². The van der Waals surface area contributed by atoms with E-state index in [2.05, 4.69) is 5.32 Å². The van der Waals surface area contributed by atoms with Crippen LogP contribution in [0.3, 0.4) is 0 Å². The first-order chi connectivity index (χ1) is 9.08. The van der Waals surface area contributed by atoms with Gasteiger partial charge >= 0.3 is 5.97 Å². The van der Waals surface area contributed by atoms with Gasteiger partial charge in [-0.2, -0.15) is 0 Å². The van der Waals surface area contributed by atoms with Crippen molar-refractivity contribution >= 4 is 11.7 Å². The van der Waals surface area contributed by atoms with E-state index in [1.54, 1.807) is 17.0 Å². The molecule has 5 heteroatoms. The van der Waals surface area contributed by atoms with E-state index >= 15 is 0 Å². The second kappa shape index (κ2) is 7.74. The highest BCUT2D eigenvalue weighted by molar-refractivity contribution is 5.67. The first-order valence-electron chi connectivity index (χ1n) is 6.48. The molecule has 0 saturated carbocycles. The number of nitrogens with zero attached hydrogens (tertiary/aromatic N) is 1. The third-order valence-corrected chi connectivity index (χ3v) is 2.82. The van der Waals surface area contributed by atoms with Crippen LogP contribution in [-0.4, -0.2) is 31.2 Å². The minimum absolute atomic E-state index is 0.00962. The number of anilines is 1. The van der Waals surface area contributed by atoms with Crippen LogP contribution in [0.25, 0.3) is 0 Å². The summed E-state index contributed by atoms with van der Waals surface area (Å²) < 4.78 is 13.9. The van der Waals surface area contributed by atoms with Gasteiger partial charge in [-0.05, 0) is 31.2 Å². The number of halogens is 1. The van der Waals surface area contributed by atoms with Crippen LogP contribution in [0.5, 0.6) is 0 Å². The van der Waals surface area contributed by atoms with Crippen molar-refractivity contribution in [2.24, 2.45) is 0 Å². The summed E-state index contributed by atoms with van der Waals surface area (Å²) in [7, 11) is 1.83. The van der Waals surface area contributed by atoms with Gasteiger partial charge in [0.05, 0.1) is 12.1 Å². The third-order valence-electron chi connectivity index (χ3n) is 2.82. The summed E-state index contributed by atoms with van der Waals surface area (Å²) in [6, 6.07) is 4.95. The Labute approximate surface area is 113 Å². The number of hydrogen-bond donors (Lipinski definition) is 2. The van der Waals surface area contributed by atoms with Crippen LogP contribution in [0.1, 0.15) is 25.3 Å². The zero-order valence-electron chi connectivity index (χ0n) is 11.4. The largest absolute Gasteiger partial charge is 0.481 e. The molecule has 0 aliphatic rings. The molecule has 2 N–H and O–H groups in total. The molecular weight excluding hydrogens is 247 g/mol. The van der Waals surface area contributed by atoms with Crippen LogP contribution >= 0.6 is 0 Å². The summed E-state index contributed by atoms with van der Waals surface area (Å²) in [5.41, 5.74) is 1.46. The van der Waals surface area contributed by atoms with E-state index in [1.807, 2.05) is 14.0 Å². The molecule has 0 aliphatic heterocycles. The molecule has 0 aliphatic carbocycles. The van der Waals surface area contributed by atoms with Crippen LogP contribution in [0.15, 0.2) is 18.2 Å². The fourth-order valence-corrected chi connectivity index (χ4v) is 1.97. The Morgan fingerprint density at radius 1 is 1.42 bits per heavy atom. The minimum atomic E-state index is -0.868. The molecule has 0 atom stereocenters. The van der Waals surface area contributed by atoms with Crippen molar-refractivity contribution < 1.29 is 14.3 Å². The van der Waals surface area contributed by atoms with Gasteiger partial charge in [0.1, 0.15) is 5.82 Å². The fraction of sp³-hybridized carbons (Fsp3) is 0.500. The monoisotopic (exact) mass is 268 g/mol. The van der Waals surface area contributed by atoms with E-state index in [-0.39, 0.29) is 12.2 Å². The lowest BCUT2D eigenvalue weighted by Crippen LogP contribution is -2.28. The molecule has 0 unspecified atom stereocenters. The second-order valence-corrected chi connectivity index (χ2v) is 4.45. The molecule has 4 nitrogen and oxygen atoms in total. The van der Waals surface area contributed by atoms with Gasteiger partial charge in [-0.15, -0.1) is 0 Å². The van der Waals surface area contributed by atoms with Crippen LogP contribution in [-0.2, 0) is 11.3 Å². The van der Waals surface area contributed by atoms with E-state index < -0.39 is 5.97 Å². The minimum Gasteiger partial charge on any atom is -0.481 e. The van der Waals surface area contributed by atoms with Crippen molar-refractivity contribution in [1.29, 1.82) is 0 Å². The molecule has 0 bridgehead atoms. The predicted molar refractivity (Wildman–Crippen MR) is 73.9 cm³/mol. The molecular formula is C14H21FN2O2. The smallest absolute Gasteiger partial charge is 0.305 e. The summed E-state index contributed by atoms with van der Waals surface area (Å²) in [6.45, 7) is 3.62. The van der Waals surface area contributed by atoms with Gasteiger partial charge in [-0.1, -0.05) is 13.0 Å². The van der Waals surface area contributed by atoms with Crippen molar-refractivity contribution in [1.82, 2.24) is 5.32 Å². The number of aliphatic carboxylic acids is 1. The summed E-state index contributed by atoms with van der Waals surface area (Å²) in [5.74, 6) is -1.17. The molecule has 0 heterocycles. The molecule has 0 spiro atoms. The van der Waals surface area contributed by atoms with Gasteiger partial charge < -0.3 is 15.3 Å². The van der Waals surface area contributed by atoms with Crippen LogP contribution in [0.2, 0.25) is 0 Å². The number of carboxylic acids is 1. The lowest BCUT2D eigenvalue weighted by molar-refractivity contribution is -0.136. The van der Waals surface area contributed by atoms with E-state index in [0.29, 0.717) is 25.3 Å². The van der Waals surface area contributed by atoms with E-state index in [1.165, 1.54) is 6.07 Å². The molecule has 0 saturated heterocycles. The van der Waals surface area contributed by atoms with Crippen molar-refractivity contribution in [2.45, 2.75) is 26.3 Å². The standard InChI is InChI=1S/C14H21FN2O2/c1-3-7-17(8-6-14(18)19)13-9-11(10-16-2)4-5-12(13)15/h4-5,9,16H,3,6-8,10H2,1-2H3,(H,18,19). The average molecular weight is 268 g/mol.